The fourth-order valence-corrected chi connectivity index (χ4v) is 3.46. The van der Waals surface area contributed by atoms with E-state index in [1.54, 1.807) is 54.5 Å². The van der Waals surface area contributed by atoms with E-state index in [4.69, 9.17) is 19.0 Å². The molecule has 0 spiro atoms. The normalized spacial score (nSPS) is 11.5. The first-order valence-corrected chi connectivity index (χ1v) is 12.6. The number of hydrogen-bond acceptors (Lipinski definition) is 8. The number of rotatable bonds is 7. The number of nitrogens with zero attached hydrogens (tertiary/aromatic N) is 2. The Morgan fingerprint density at radius 1 is 0.976 bits per heavy atom. The Kier molecular flexibility index (Phi) is 9.25. The third-order valence-corrected chi connectivity index (χ3v) is 4.88. The highest BCUT2D eigenvalue weighted by Gasteiger charge is 2.28. The van der Waals surface area contributed by atoms with Gasteiger partial charge in [-0.25, -0.2) is 23.2 Å². The predicted molar refractivity (Wildman–Crippen MR) is 146 cm³/mol. The van der Waals surface area contributed by atoms with Crippen molar-refractivity contribution in [2.75, 3.05) is 17.2 Å². The molecule has 0 aliphatic carbocycles. The molecule has 3 N–H and O–H groups in total. The minimum absolute atomic E-state index is 0.00605. The lowest BCUT2D eigenvalue weighted by Crippen LogP contribution is -2.30. The van der Waals surface area contributed by atoms with Crippen LogP contribution in [0.2, 0.25) is 0 Å². The number of amides is 3. The van der Waals surface area contributed by atoms with E-state index in [1.807, 2.05) is 0 Å². The van der Waals surface area contributed by atoms with Gasteiger partial charge < -0.3 is 24.8 Å². The summed E-state index contributed by atoms with van der Waals surface area (Å²) in [7, 11) is 0. The topological polar surface area (TPSA) is 142 Å². The van der Waals surface area contributed by atoms with Gasteiger partial charge >= 0.3 is 18.3 Å². The van der Waals surface area contributed by atoms with Crippen LogP contribution in [-0.2, 0) is 16.0 Å². The maximum Gasteiger partial charge on any atom is 0.535 e. The molecule has 0 saturated carbocycles. The molecule has 1 aromatic heterocycles. The van der Waals surface area contributed by atoms with Gasteiger partial charge in [-0.05, 0) is 72.2 Å². The Labute approximate surface area is 235 Å². The molecule has 222 valence electrons. The number of aromatic nitrogens is 2. The second kappa shape index (κ2) is 12.3. The Bertz CT molecular complexity index is 1440. The van der Waals surface area contributed by atoms with Crippen molar-refractivity contribution in [3.63, 3.8) is 0 Å². The summed E-state index contributed by atoms with van der Waals surface area (Å²) < 4.78 is 45.3. The van der Waals surface area contributed by atoms with Crippen molar-refractivity contribution in [1.82, 2.24) is 15.3 Å². The summed E-state index contributed by atoms with van der Waals surface area (Å²) >= 11 is 0. The van der Waals surface area contributed by atoms with Crippen LogP contribution < -0.4 is 25.5 Å². The quantitative estimate of drug-likeness (QED) is 0.302. The summed E-state index contributed by atoms with van der Waals surface area (Å²) in [5.74, 6) is -2.16. The molecule has 0 fully saturated rings. The van der Waals surface area contributed by atoms with Crippen molar-refractivity contribution < 1.29 is 42.2 Å². The number of halogens is 2. The second-order valence-corrected chi connectivity index (χ2v) is 10.7. The van der Waals surface area contributed by atoms with Crippen LogP contribution in [0.3, 0.4) is 0 Å². The first-order valence-electron chi connectivity index (χ1n) is 12.6. The van der Waals surface area contributed by atoms with E-state index in [0.717, 1.165) is 0 Å². The molecule has 0 unspecified atom stereocenters. The van der Waals surface area contributed by atoms with Crippen LogP contribution >= 0.6 is 0 Å². The zero-order chi connectivity index (χ0) is 30.5. The molecule has 3 amide bonds. The summed E-state index contributed by atoms with van der Waals surface area (Å²) in [5.41, 5.74) is -1.82. The van der Waals surface area contributed by atoms with Gasteiger partial charge in [-0.15, -0.1) is 5.10 Å². The molecule has 1 heterocycles. The van der Waals surface area contributed by atoms with Crippen LogP contribution in [0, 0.1) is 11.6 Å². The number of nitrogens with one attached hydrogen (secondary N) is 3. The summed E-state index contributed by atoms with van der Waals surface area (Å²) in [6, 6.07) is 6.16. The van der Waals surface area contributed by atoms with Crippen LogP contribution in [0.5, 0.6) is 5.75 Å². The van der Waals surface area contributed by atoms with Crippen molar-refractivity contribution in [3.05, 3.63) is 47.5 Å². The van der Waals surface area contributed by atoms with Crippen molar-refractivity contribution in [1.29, 1.82) is 0 Å². The fraction of sp³-hybridized carbons (Fsp3) is 0.407. The van der Waals surface area contributed by atoms with E-state index in [0.29, 0.717) is 10.4 Å². The number of benzene rings is 2. The van der Waals surface area contributed by atoms with E-state index in [9.17, 15) is 18.8 Å². The molecule has 0 bridgehead atoms. The van der Waals surface area contributed by atoms with Gasteiger partial charge in [-0.3, -0.25) is 10.2 Å². The lowest BCUT2D eigenvalue weighted by atomic mass is 10.2. The molecule has 0 saturated heterocycles. The summed E-state index contributed by atoms with van der Waals surface area (Å²) in [6.07, 6.45) is -2.11. The van der Waals surface area contributed by atoms with Gasteiger partial charge in [0.25, 0.3) is 0 Å². The maximum atomic E-state index is 16.0. The first-order chi connectivity index (χ1) is 19.1. The highest BCUT2D eigenvalue weighted by atomic mass is 19.1. The monoisotopic (exact) mass is 577 g/mol. The Hall–Kier alpha value is -4.62. The molecule has 3 aromatic rings. The minimum Gasteiger partial charge on any atom is -0.489 e. The van der Waals surface area contributed by atoms with Crippen LogP contribution in [0.4, 0.5) is 34.7 Å². The summed E-state index contributed by atoms with van der Waals surface area (Å²) in [5, 5.41) is 11.4. The van der Waals surface area contributed by atoms with Crippen LogP contribution in [0.15, 0.2) is 30.3 Å². The lowest BCUT2D eigenvalue weighted by molar-refractivity contribution is -0.0148. The van der Waals surface area contributed by atoms with E-state index in [1.165, 1.54) is 24.3 Å². The number of urea groups is 1. The summed E-state index contributed by atoms with van der Waals surface area (Å²) in [4.78, 5) is 43.2. The molecule has 41 heavy (non-hydrogen) atoms. The van der Waals surface area contributed by atoms with Crippen molar-refractivity contribution in [3.8, 4) is 5.75 Å². The zero-order valence-corrected chi connectivity index (χ0v) is 23.8. The zero-order valence-electron chi connectivity index (χ0n) is 23.8. The molecule has 0 radical (unpaired) electrons. The van der Waals surface area contributed by atoms with E-state index in [2.05, 4.69) is 21.0 Å². The van der Waals surface area contributed by atoms with Crippen molar-refractivity contribution in [2.24, 2.45) is 0 Å². The van der Waals surface area contributed by atoms with Gasteiger partial charge in [0.15, 0.2) is 22.9 Å². The number of fused-ring (bicyclic) bond motifs is 1. The molecule has 3 rings (SSSR count). The first kappa shape index (κ1) is 30.9. The fourth-order valence-electron chi connectivity index (χ4n) is 3.46. The van der Waals surface area contributed by atoms with Gasteiger partial charge in [0.05, 0.1) is 17.7 Å². The molecular formula is C27H33F2N5O7. The van der Waals surface area contributed by atoms with Crippen LogP contribution in [-0.4, -0.2) is 46.0 Å². The van der Waals surface area contributed by atoms with E-state index >= 15 is 4.39 Å². The molecular weight excluding hydrogens is 544 g/mol. The minimum atomic E-state index is -1.19. The molecule has 0 atom stereocenters. The standard InChI is InChI=1S/C27H33F2N5O7/c1-8-38-21-18(31-23(35)30-14-15-10-9-11-16(28)12-15)13-17-20(19(21)29)34(41-25(37)40-27(5,6)7)33-22(17)32-24(36)39-26(2,3)4/h9-13H,8,14H2,1-7H3,(H2,30,31,35)(H,32,33,36). The largest absolute Gasteiger partial charge is 0.535 e. The van der Waals surface area contributed by atoms with Gasteiger partial charge in [0.1, 0.15) is 17.0 Å². The SMILES string of the molecule is CCOc1c(NC(=O)NCc2cccc(F)c2)cc2c(NC(=O)OC(C)(C)C)nn(OC(=O)OC(C)(C)C)c2c1F. The smallest absolute Gasteiger partial charge is 0.489 e. The Balaban J connectivity index is 2.03. The predicted octanol–water partition coefficient (Wildman–Crippen LogP) is 5.75. The van der Waals surface area contributed by atoms with E-state index < -0.39 is 52.4 Å². The van der Waals surface area contributed by atoms with Crippen LogP contribution in [0.1, 0.15) is 54.0 Å². The van der Waals surface area contributed by atoms with Gasteiger partial charge in [-0.2, -0.15) is 0 Å². The van der Waals surface area contributed by atoms with Gasteiger partial charge in [-0.1, -0.05) is 17.0 Å². The molecule has 0 aliphatic rings. The molecule has 2 aromatic carbocycles. The highest BCUT2D eigenvalue weighted by molar-refractivity contribution is 6.02. The molecule has 0 aliphatic heterocycles. The second-order valence-electron chi connectivity index (χ2n) is 10.7. The Morgan fingerprint density at radius 2 is 1.66 bits per heavy atom. The number of ether oxygens (including phenoxy) is 3. The highest BCUT2D eigenvalue weighted by Crippen LogP contribution is 2.38. The van der Waals surface area contributed by atoms with Crippen molar-refractivity contribution >= 4 is 40.7 Å². The maximum absolute atomic E-state index is 16.0. The van der Waals surface area contributed by atoms with E-state index in [-0.39, 0.29) is 30.0 Å². The number of carbonyl (C=O) groups is 3. The average Bonchev–Trinajstić information content (AvgIpc) is 3.14. The van der Waals surface area contributed by atoms with Gasteiger partial charge in [0.2, 0.25) is 0 Å². The van der Waals surface area contributed by atoms with Crippen LogP contribution in [0.25, 0.3) is 10.9 Å². The molecule has 14 heteroatoms. The lowest BCUT2D eigenvalue weighted by Gasteiger charge is -2.19. The number of carbonyl (C=O) groups excluding carboxylic acids is 3. The average molecular weight is 578 g/mol. The van der Waals surface area contributed by atoms with Crippen molar-refractivity contribution in [2.45, 2.75) is 66.2 Å². The third kappa shape index (κ3) is 8.68. The summed E-state index contributed by atoms with van der Waals surface area (Å²) in [6.45, 7) is 11.3. The third-order valence-electron chi connectivity index (χ3n) is 4.88. The number of hydrogen-bond donors (Lipinski definition) is 3. The molecule has 12 nitrogen and oxygen atoms in total. The van der Waals surface area contributed by atoms with Gasteiger partial charge in [0, 0.05) is 6.54 Å². The Morgan fingerprint density at radius 3 is 2.27 bits per heavy atom. The number of anilines is 2.